The summed E-state index contributed by atoms with van der Waals surface area (Å²) in [6, 6.07) is 7.26. The molecule has 0 radical (unpaired) electrons. The smallest absolute Gasteiger partial charge is 0.187 e. The SMILES string of the molecule is C[C@]12CCc3nc(Nc4cccc(O)c4)sc3C1CC[C@@H]1[C@@H]2CC[C@]2(C)C(=O)CC[C@@H]12. The summed E-state index contributed by atoms with van der Waals surface area (Å²) in [6.45, 7) is 4.83. The van der Waals surface area contributed by atoms with E-state index < -0.39 is 0 Å². The largest absolute Gasteiger partial charge is 0.508 e. The number of ketones is 1. The summed E-state index contributed by atoms with van der Waals surface area (Å²) in [5.41, 5.74) is 2.46. The Morgan fingerprint density at radius 1 is 1.10 bits per heavy atom. The van der Waals surface area contributed by atoms with Crippen molar-refractivity contribution in [2.75, 3.05) is 5.32 Å². The molecule has 1 aromatic carbocycles. The average molecular weight is 437 g/mol. The first-order valence-corrected chi connectivity index (χ1v) is 12.8. The van der Waals surface area contributed by atoms with Gasteiger partial charge in [0.15, 0.2) is 5.13 Å². The Morgan fingerprint density at radius 2 is 1.97 bits per heavy atom. The lowest BCUT2D eigenvalue weighted by Gasteiger charge is -2.59. The van der Waals surface area contributed by atoms with Gasteiger partial charge in [-0.2, -0.15) is 0 Å². The molecule has 0 bridgehead atoms. The summed E-state index contributed by atoms with van der Waals surface area (Å²) in [5.74, 6) is 3.49. The normalized spacial score (nSPS) is 38.7. The predicted octanol–water partition coefficient (Wildman–Crippen LogP) is 6.43. The lowest BCUT2D eigenvalue weighted by atomic mass is 9.46. The number of carbonyl (C=O) groups is 1. The number of thiazole rings is 1. The number of carbonyl (C=O) groups excluding carboxylic acids is 1. The number of benzene rings is 1. The lowest BCUT2D eigenvalue weighted by Crippen LogP contribution is -2.52. The van der Waals surface area contributed by atoms with Crippen LogP contribution in [0.1, 0.15) is 75.3 Å². The maximum atomic E-state index is 12.7. The third-order valence-electron chi connectivity index (χ3n) is 9.62. The quantitative estimate of drug-likeness (QED) is 0.569. The first-order valence-electron chi connectivity index (χ1n) is 12.0. The predicted molar refractivity (Wildman–Crippen MR) is 124 cm³/mol. The van der Waals surface area contributed by atoms with E-state index >= 15 is 0 Å². The van der Waals surface area contributed by atoms with Gasteiger partial charge in [0.25, 0.3) is 0 Å². The van der Waals surface area contributed by atoms with E-state index in [9.17, 15) is 9.90 Å². The maximum absolute atomic E-state index is 12.7. The number of hydrogen-bond donors (Lipinski definition) is 2. The molecule has 0 saturated heterocycles. The number of nitrogens with one attached hydrogen (secondary N) is 1. The van der Waals surface area contributed by atoms with Gasteiger partial charge in [-0.3, -0.25) is 4.79 Å². The Hall–Kier alpha value is -1.88. The number of phenols is 1. The number of hydrogen-bond acceptors (Lipinski definition) is 5. The molecule has 0 aliphatic heterocycles. The number of aromatic hydroxyl groups is 1. The Labute approximate surface area is 188 Å². The van der Waals surface area contributed by atoms with Crippen LogP contribution in [0.3, 0.4) is 0 Å². The molecule has 4 aliphatic rings. The Kier molecular flexibility index (Phi) is 4.34. The molecule has 2 aromatic rings. The van der Waals surface area contributed by atoms with Crippen LogP contribution in [0.15, 0.2) is 24.3 Å². The summed E-state index contributed by atoms with van der Waals surface area (Å²) >= 11 is 1.82. The number of fused-ring (bicyclic) bond motifs is 7. The fourth-order valence-corrected chi connectivity index (χ4v) is 9.31. The monoisotopic (exact) mass is 436 g/mol. The molecule has 6 rings (SSSR count). The molecule has 31 heavy (non-hydrogen) atoms. The van der Waals surface area contributed by atoms with Gasteiger partial charge >= 0.3 is 0 Å². The van der Waals surface area contributed by atoms with Gasteiger partial charge in [0.1, 0.15) is 11.5 Å². The molecule has 1 aromatic heterocycles. The van der Waals surface area contributed by atoms with E-state index in [4.69, 9.17) is 4.98 Å². The second-order valence-corrected chi connectivity index (χ2v) is 12.0. The molecular weight excluding hydrogens is 404 g/mol. The molecule has 3 saturated carbocycles. The van der Waals surface area contributed by atoms with E-state index in [0.717, 1.165) is 48.3 Å². The molecule has 6 atom stereocenters. The van der Waals surface area contributed by atoms with Crippen LogP contribution < -0.4 is 5.32 Å². The minimum atomic E-state index is -0.0347. The summed E-state index contributed by atoms with van der Waals surface area (Å²) in [4.78, 5) is 19.1. The standard InChI is InChI=1S/C26H32N2O2S/c1-25-13-11-21-23(31-24(28-21)27-15-4-3-5-16(29)14-15)20(25)7-6-17-18-8-9-22(30)26(18,2)12-10-19(17)25/h3-5,14,17-20,29H,6-13H2,1-2H3,(H,27,28)/t17-,18-,19-,20?,25+,26-/m0/s1. The molecule has 0 amide bonds. The first-order chi connectivity index (χ1) is 14.9. The van der Waals surface area contributed by atoms with Crippen LogP contribution in [-0.2, 0) is 11.2 Å². The fourth-order valence-electron chi connectivity index (χ4n) is 7.98. The minimum Gasteiger partial charge on any atom is -0.508 e. The summed E-state index contributed by atoms with van der Waals surface area (Å²) in [7, 11) is 0. The van der Waals surface area contributed by atoms with Gasteiger partial charge in [-0.15, -0.1) is 11.3 Å². The highest BCUT2D eigenvalue weighted by Gasteiger charge is 2.60. The number of rotatable bonds is 2. The van der Waals surface area contributed by atoms with Crippen molar-refractivity contribution >= 4 is 27.9 Å². The molecule has 1 unspecified atom stereocenters. The van der Waals surface area contributed by atoms with Crippen LogP contribution in [-0.4, -0.2) is 15.9 Å². The van der Waals surface area contributed by atoms with Crippen LogP contribution in [0, 0.1) is 28.6 Å². The first kappa shape index (κ1) is 19.8. The van der Waals surface area contributed by atoms with Gasteiger partial charge in [0.05, 0.1) is 5.69 Å². The van der Waals surface area contributed by atoms with Crippen molar-refractivity contribution in [1.29, 1.82) is 0 Å². The van der Waals surface area contributed by atoms with Crippen molar-refractivity contribution in [3.8, 4) is 5.75 Å². The zero-order valence-electron chi connectivity index (χ0n) is 18.5. The van der Waals surface area contributed by atoms with Crippen molar-refractivity contribution < 1.29 is 9.90 Å². The van der Waals surface area contributed by atoms with Crippen molar-refractivity contribution in [2.24, 2.45) is 28.6 Å². The average Bonchev–Trinajstić information content (AvgIpc) is 3.28. The summed E-state index contributed by atoms with van der Waals surface area (Å²) in [5, 5.41) is 14.1. The van der Waals surface area contributed by atoms with Gasteiger partial charge < -0.3 is 10.4 Å². The summed E-state index contributed by atoms with van der Waals surface area (Å²) < 4.78 is 0. The Bertz CT molecular complexity index is 1050. The molecule has 5 heteroatoms. The van der Waals surface area contributed by atoms with Gasteiger partial charge in [0.2, 0.25) is 0 Å². The van der Waals surface area contributed by atoms with Crippen LogP contribution in [0.5, 0.6) is 5.75 Å². The highest BCUT2D eigenvalue weighted by Crippen LogP contribution is 2.67. The van der Waals surface area contributed by atoms with E-state index in [1.807, 2.05) is 23.5 Å². The third kappa shape index (κ3) is 2.84. The number of Topliss-reactive ketones (excluding diaryl/α,β-unsaturated/α-hetero) is 1. The van der Waals surface area contributed by atoms with Gasteiger partial charge in [0, 0.05) is 34.4 Å². The van der Waals surface area contributed by atoms with Gasteiger partial charge in [-0.05, 0) is 80.2 Å². The van der Waals surface area contributed by atoms with Crippen molar-refractivity contribution in [3.63, 3.8) is 0 Å². The van der Waals surface area contributed by atoms with E-state index in [1.165, 1.54) is 36.3 Å². The third-order valence-corrected chi connectivity index (χ3v) is 10.7. The zero-order chi connectivity index (χ0) is 21.4. The molecule has 164 valence electrons. The highest BCUT2D eigenvalue weighted by molar-refractivity contribution is 7.15. The Balaban J connectivity index is 1.29. The van der Waals surface area contributed by atoms with E-state index in [0.29, 0.717) is 23.0 Å². The summed E-state index contributed by atoms with van der Waals surface area (Å²) in [6.07, 6.45) is 9.04. The molecule has 4 nitrogen and oxygen atoms in total. The van der Waals surface area contributed by atoms with Crippen LogP contribution >= 0.6 is 11.3 Å². The highest BCUT2D eigenvalue weighted by atomic mass is 32.1. The fraction of sp³-hybridized carbons (Fsp3) is 0.615. The number of nitrogens with zero attached hydrogens (tertiary/aromatic N) is 1. The van der Waals surface area contributed by atoms with Gasteiger partial charge in [-0.1, -0.05) is 19.9 Å². The van der Waals surface area contributed by atoms with E-state index in [2.05, 4.69) is 19.2 Å². The van der Waals surface area contributed by atoms with Crippen LogP contribution in [0.2, 0.25) is 0 Å². The van der Waals surface area contributed by atoms with E-state index in [1.54, 1.807) is 12.1 Å². The van der Waals surface area contributed by atoms with Crippen molar-refractivity contribution in [2.45, 2.75) is 71.1 Å². The Morgan fingerprint density at radius 3 is 2.81 bits per heavy atom. The molecule has 1 heterocycles. The molecule has 4 aliphatic carbocycles. The van der Waals surface area contributed by atoms with Crippen molar-refractivity contribution in [1.82, 2.24) is 4.98 Å². The molecule has 3 fully saturated rings. The number of phenolic OH excluding ortho intramolecular Hbond substituents is 1. The molecule has 2 N–H and O–H groups in total. The van der Waals surface area contributed by atoms with Crippen molar-refractivity contribution in [3.05, 3.63) is 34.8 Å². The van der Waals surface area contributed by atoms with Crippen LogP contribution in [0.25, 0.3) is 0 Å². The second kappa shape index (κ2) is 6.81. The minimum absolute atomic E-state index is 0.0347. The lowest BCUT2D eigenvalue weighted by molar-refractivity contribution is -0.134. The number of anilines is 2. The van der Waals surface area contributed by atoms with Crippen LogP contribution in [0.4, 0.5) is 10.8 Å². The molecule has 0 spiro atoms. The second-order valence-electron chi connectivity index (χ2n) is 10.9. The zero-order valence-corrected chi connectivity index (χ0v) is 19.3. The molecular formula is C26H32N2O2S. The topological polar surface area (TPSA) is 62.2 Å². The van der Waals surface area contributed by atoms with E-state index in [-0.39, 0.29) is 11.2 Å². The maximum Gasteiger partial charge on any atom is 0.187 e. The number of aryl methyl sites for hydroxylation is 1. The number of aromatic nitrogens is 1. The van der Waals surface area contributed by atoms with Gasteiger partial charge in [-0.25, -0.2) is 4.98 Å².